The van der Waals surface area contributed by atoms with E-state index in [1.165, 1.54) is 9.08 Å². The topological polar surface area (TPSA) is 95.1 Å². The second-order valence-electron chi connectivity index (χ2n) is 6.32. The van der Waals surface area contributed by atoms with Crippen molar-refractivity contribution in [3.63, 3.8) is 0 Å². The van der Waals surface area contributed by atoms with Gasteiger partial charge in [-0.05, 0) is 20.8 Å². The molecule has 1 atom stereocenters. The Morgan fingerprint density at radius 2 is 2.12 bits per heavy atom. The van der Waals surface area contributed by atoms with Crippen LogP contribution in [0.2, 0.25) is 0 Å². The van der Waals surface area contributed by atoms with Crippen molar-refractivity contribution in [2.24, 2.45) is 0 Å². The van der Waals surface area contributed by atoms with E-state index >= 15 is 0 Å². The number of ether oxygens (including phenoxy) is 2. The van der Waals surface area contributed by atoms with Crippen LogP contribution in [0.5, 0.6) is 0 Å². The highest BCUT2D eigenvalue weighted by Gasteiger charge is 2.37. The molecule has 0 N–H and O–H groups in total. The van der Waals surface area contributed by atoms with E-state index in [4.69, 9.17) is 9.47 Å². The van der Waals surface area contributed by atoms with E-state index in [-0.39, 0.29) is 42.9 Å². The van der Waals surface area contributed by atoms with Gasteiger partial charge in [0.1, 0.15) is 17.9 Å². The number of rotatable bonds is 6. The van der Waals surface area contributed by atoms with Crippen LogP contribution in [0.15, 0.2) is 10.9 Å². The van der Waals surface area contributed by atoms with Crippen LogP contribution in [-0.4, -0.2) is 57.3 Å². The highest BCUT2D eigenvalue weighted by atomic mass is 16.5. The van der Waals surface area contributed by atoms with Gasteiger partial charge < -0.3 is 18.9 Å². The summed E-state index contributed by atoms with van der Waals surface area (Å²) in [5, 5.41) is 4.21. The van der Waals surface area contributed by atoms with Gasteiger partial charge in [-0.2, -0.15) is 9.61 Å². The van der Waals surface area contributed by atoms with Gasteiger partial charge in [0.2, 0.25) is 0 Å². The van der Waals surface area contributed by atoms with Crippen LogP contribution >= 0.6 is 0 Å². The molecule has 0 spiro atoms. The van der Waals surface area contributed by atoms with Gasteiger partial charge in [-0.25, -0.2) is 0 Å². The van der Waals surface area contributed by atoms with Gasteiger partial charge in [-0.15, -0.1) is 0 Å². The monoisotopic (exact) mass is 362 g/mol. The van der Waals surface area contributed by atoms with Crippen LogP contribution in [0.25, 0.3) is 5.65 Å². The summed E-state index contributed by atoms with van der Waals surface area (Å²) in [6.45, 7) is 5.90. The fraction of sp³-hybridized carbons (Fsp3) is 0.529. The number of carbonyl (C=O) groups excluding carboxylic acids is 2. The molecule has 2 aromatic rings. The highest BCUT2D eigenvalue weighted by molar-refractivity contribution is 5.97. The lowest BCUT2D eigenvalue weighted by molar-refractivity contribution is -0.143. The first-order chi connectivity index (χ1) is 12.4. The zero-order valence-electron chi connectivity index (χ0n) is 15.3. The molecule has 3 rings (SSSR count). The Morgan fingerprint density at radius 1 is 1.38 bits per heavy atom. The average Bonchev–Trinajstić information content (AvgIpc) is 3.13. The molecule has 9 heteroatoms. The molecule has 0 aromatic carbocycles. The lowest BCUT2D eigenvalue weighted by Gasteiger charge is -2.23. The maximum absolute atomic E-state index is 13.0. The number of esters is 1. The third kappa shape index (κ3) is 2.88. The molecule has 1 amide bonds. The Labute approximate surface area is 150 Å². The molecule has 9 nitrogen and oxygen atoms in total. The van der Waals surface area contributed by atoms with Crippen LogP contribution < -0.4 is 5.56 Å². The number of aryl methyl sites for hydroxylation is 1. The number of carbonyl (C=O) groups is 2. The summed E-state index contributed by atoms with van der Waals surface area (Å²) in [5.41, 5.74) is 1.23. The number of hydrogen-bond acceptors (Lipinski definition) is 6. The number of aromatic nitrogens is 3. The third-order valence-electron chi connectivity index (χ3n) is 4.42. The van der Waals surface area contributed by atoms with E-state index in [1.54, 1.807) is 31.9 Å². The summed E-state index contributed by atoms with van der Waals surface area (Å²) in [6.07, 6.45) is 0. The number of amides is 1. The first-order valence-corrected chi connectivity index (χ1v) is 8.46. The normalized spacial score (nSPS) is 14.8. The smallest absolute Gasteiger partial charge is 0.326 e. The second kappa shape index (κ2) is 6.91. The van der Waals surface area contributed by atoms with Gasteiger partial charge in [-0.3, -0.25) is 14.4 Å². The molecule has 3 heterocycles. The van der Waals surface area contributed by atoms with E-state index in [9.17, 15) is 14.4 Å². The summed E-state index contributed by atoms with van der Waals surface area (Å²) in [7, 11) is 1.56. The van der Waals surface area contributed by atoms with Gasteiger partial charge in [0.15, 0.2) is 0 Å². The maximum Gasteiger partial charge on any atom is 0.326 e. The molecule has 0 fully saturated rings. The van der Waals surface area contributed by atoms with Crippen molar-refractivity contribution < 1.29 is 19.1 Å². The minimum Gasteiger partial charge on any atom is -0.465 e. The second-order valence-corrected chi connectivity index (χ2v) is 6.32. The Balaban J connectivity index is 2.17. The Morgan fingerprint density at radius 3 is 2.77 bits per heavy atom. The molecule has 0 unspecified atom stereocenters. The molecule has 1 aliphatic rings. The van der Waals surface area contributed by atoms with E-state index in [0.29, 0.717) is 23.5 Å². The first kappa shape index (κ1) is 18.1. The molecule has 0 saturated carbocycles. The number of methoxy groups -OCH3 is 1. The van der Waals surface area contributed by atoms with Crippen LogP contribution in [-0.2, 0) is 27.4 Å². The summed E-state index contributed by atoms with van der Waals surface area (Å²) >= 11 is 0. The Hall–Kier alpha value is -2.68. The van der Waals surface area contributed by atoms with Crippen LogP contribution in [0, 0.1) is 6.92 Å². The lowest BCUT2D eigenvalue weighted by atomic mass is 10.2. The van der Waals surface area contributed by atoms with E-state index < -0.39 is 5.97 Å². The van der Waals surface area contributed by atoms with Gasteiger partial charge in [0.05, 0.1) is 37.1 Å². The van der Waals surface area contributed by atoms with Crippen LogP contribution in [0.1, 0.15) is 35.6 Å². The Bertz CT molecular complexity index is 929. The van der Waals surface area contributed by atoms with Crippen molar-refractivity contribution in [3.8, 4) is 0 Å². The SMILES string of the molecule is CCOC(=O)Cn1c2c(c(=O)n3nc(C)cc13)CN([C@H](C)COC)C2=O. The van der Waals surface area contributed by atoms with Gasteiger partial charge >= 0.3 is 5.97 Å². The summed E-state index contributed by atoms with van der Waals surface area (Å²) in [6, 6.07) is 1.47. The largest absolute Gasteiger partial charge is 0.465 e. The minimum atomic E-state index is -0.477. The van der Waals surface area contributed by atoms with E-state index in [1.807, 2.05) is 6.92 Å². The van der Waals surface area contributed by atoms with Gasteiger partial charge in [-0.1, -0.05) is 0 Å². The fourth-order valence-electron chi connectivity index (χ4n) is 3.28. The summed E-state index contributed by atoms with van der Waals surface area (Å²) in [5.74, 6) is -0.775. The molecule has 2 aromatic heterocycles. The lowest BCUT2D eigenvalue weighted by Crippen LogP contribution is -2.37. The molecule has 0 aliphatic carbocycles. The maximum atomic E-state index is 13.0. The minimum absolute atomic E-state index is 0.162. The van der Waals surface area contributed by atoms with Crippen molar-refractivity contribution >= 4 is 17.5 Å². The third-order valence-corrected chi connectivity index (χ3v) is 4.42. The van der Waals surface area contributed by atoms with E-state index in [2.05, 4.69) is 5.10 Å². The predicted octanol–water partition coefficient (Wildman–Crippen LogP) is 0.358. The standard InChI is InChI=1S/C17H22N4O5/c1-5-26-14(22)8-20-13-6-10(2)18-21(13)16(23)12-7-19(11(3)9-25-4)17(24)15(12)20/h6,11H,5,7-9H2,1-4H3/t11-/m1/s1. The molecule has 1 aliphatic heterocycles. The molecule has 0 saturated heterocycles. The predicted molar refractivity (Wildman–Crippen MR) is 92.0 cm³/mol. The molecular weight excluding hydrogens is 340 g/mol. The van der Waals surface area contributed by atoms with Crippen molar-refractivity contribution in [2.45, 2.75) is 39.9 Å². The van der Waals surface area contributed by atoms with Gasteiger partial charge in [0, 0.05) is 13.2 Å². The number of fused-ring (bicyclic) bond motifs is 2. The van der Waals surface area contributed by atoms with Crippen molar-refractivity contribution in [1.82, 2.24) is 19.1 Å². The fourth-order valence-corrected chi connectivity index (χ4v) is 3.28. The zero-order valence-corrected chi connectivity index (χ0v) is 15.3. The number of nitrogens with zero attached hydrogens (tertiary/aromatic N) is 4. The molecule has 0 radical (unpaired) electrons. The average molecular weight is 362 g/mol. The zero-order chi connectivity index (χ0) is 19.0. The quantitative estimate of drug-likeness (QED) is 0.689. The molecule has 140 valence electrons. The van der Waals surface area contributed by atoms with Crippen LogP contribution in [0.4, 0.5) is 0 Å². The van der Waals surface area contributed by atoms with Crippen molar-refractivity contribution in [2.75, 3.05) is 20.3 Å². The molecule has 0 bridgehead atoms. The Kier molecular flexibility index (Phi) is 4.82. The van der Waals surface area contributed by atoms with Gasteiger partial charge in [0.25, 0.3) is 11.5 Å². The highest BCUT2D eigenvalue weighted by Crippen LogP contribution is 2.24. The molecular formula is C17H22N4O5. The van der Waals surface area contributed by atoms with E-state index in [0.717, 1.165) is 0 Å². The van der Waals surface area contributed by atoms with Crippen molar-refractivity contribution in [3.05, 3.63) is 33.4 Å². The van der Waals surface area contributed by atoms with Crippen molar-refractivity contribution in [1.29, 1.82) is 0 Å². The summed E-state index contributed by atoms with van der Waals surface area (Å²) < 4.78 is 12.9. The first-order valence-electron chi connectivity index (χ1n) is 8.46. The number of hydrogen-bond donors (Lipinski definition) is 0. The molecule has 26 heavy (non-hydrogen) atoms. The van der Waals surface area contributed by atoms with Crippen LogP contribution in [0.3, 0.4) is 0 Å². The summed E-state index contributed by atoms with van der Waals surface area (Å²) in [4.78, 5) is 39.5.